The summed E-state index contributed by atoms with van der Waals surface area (Å²) in [5, 5.41) is 18.7. The van der Waals surface area contributed by atoms with Crippen LogP contribution >= 0.6 is 0 Å². The smallest absolute Gasteiger partial charge is 0.402 e. The molecule has 0 aliphatic carbocycles. The average Bonchev–Trinajstić information content (AvgIpc) is 2.76. The summed E-state index contributed by atoms with van der Waals surface area (Å²) in [5.74, 6) is -4.15. The van der Waals surface area contributed by atoms with Crippen LogP contribution in [0.25, 0.3) is 0 Å². The molecule has 176 valence electrons. The van der Waals surface area contributed by atoms with E-state index >= 15 is 0 Å². The van der Waals surface area contributed by atoms with Gasteiger partial charge < -0.3 is 10.2 Å². The van der Waals surface area contributed by atoms with E-state index in [4.69, 9.17) is 0 Å². The number of rotatable bonds is 9. The van der Waals surface area contributed by atoms with E-state index in [0.29, 0.717) is 6.42 Å². The van der Waals surface area contributed by atoms with Crippen LogP contribution in [0, 0.1) is 0 Å². The van der Waals surface area contributed by atoms with E-state index in [1.54, 1.807) is 6.92 Å². The fourth-order valence-corrected chi connectivity index (χ4v) is 3.59. The van der Waals surface area contributed by atoms with Crippen molar-refractivity contribution < 1.29 is 42.6 Å². The number of halogens is 3. The first-order valence-electron chi connectivity index (χ1n) is 10.2. The minimum absolute atomic E-state index is 0.0467. The maximum Gasteiger partial charge on any atom is 0.402 e. The molecule has 2 rings (SSSR count). The molecule has 0 saturated heterocycles. The molecule has 0 aliphatic rings. The second-order valence-corrected chi connectivity index (χ2v) is 7.70. The van der Waals surface area contributed by atoms with E-state index in [1.165, 1.54) is 6.92 Å². The van der Waals surface area contributed by atoms with Crippen LogP contribution < -0.4 is 0 Å². The lowest BCUT2D eigenvalue weighted by atomic mass is 9.73. The molecule has 0 amide bonds. The van der Waals surface area contributed by atoms with Gasteiger partial charge in [-0.15, -0.1) is 0 Å². The van der Waals surface area contributed by atoms with E-state index in [1.807, 2.05) is 0 Å². The Morgan fingerprint density at radius 3 is 1.52 bits per heavy atom. The number of alkyl halides is 3. The predicted molar refractivity (Wildman–Crippen MR) is 113 cm³/mol. The summed E-state index contributed by atoms with van der Waals surface area (Å²) in [5.41, 5.74) is -5.11. The number of carbonyl (C=O) groups is 4. The van der Waals surface area contributed by atoms with E-state index < -0.39 is 57.4 Å². The quantitative estimate of drug-likeness (QED) is 0.473. The van der Waals surface area contributed by atoms with Crippen molar-refractivity contribution in [3.63, 3.8) is 0 Å². The minimum Gasteiger partial charge on any atom is -0.478 e. The highest BCUT2D eigenvalue weighted by atomic mass is 19.4. The highest BCUT2D eigenvalue weighted by Crippen LogP contribution is 2.47. The van der Waals surface area contributed by atoms with Crippen LogP contribution in [-0.4, -0.2) is 39.9 Å². The largest absolute Gasteiger partial charge is 0.478 e. The van der Waals surface area contributed by atoms with Crippen molar-refractivity contribution in [1.29, 1.82) is 0 Å². The van der Waals surface area contributed by atoms with Crippen molar-refractivity contribution in [3.05, 3.63) is 69.8 Å². The van der Waals surface area contributed by atoms with Crippen LogP contribution in [0.5, 0.6) is 0 Å². The minimum atomic E-state index is -4.93. The Labute approximate surface area is 188 Å². The lowest BCUT2D eigenvalue weighted by molar-refractivity contribution is -0.173. The normalized spacial score (nSPS) is 13.3. The highest BCUT2D eigenvalue weighted by molar-refractivity contribution is 6.07. The first-order chi connectivity index (χ1) is 15.3. The third-order valence-electron chi connectivity index (χ3n) is 5.62. The number of carbonyl (C=O) groups excluding carboxylic acids is 2. The summed E-state index contributed by atoms with van der Waals surface area (Å²) in [7, 11) is 0. The Hall–Kier alpha value is -3.49. The Bertz CT molecular complexity index is 1120. The van der Waals surface area contributed by atoms with Crippen molar-refractivity contribution in [1.82, 2.24) is 0 Å². The first-order valence-corrected chi connectivity index (χ1v) is 10.2. The summed E-state index contributed by atoms with van der Waals surface area (Å²) >= 11 is 0. The van der Waals surface area contributed by atoms with Gasteiger partial charge >= 0.3 is 18.1 Å². The molecule has 2 aromatic rings. The zero-order valence-electron chi connectivity index (χ0n) is 18.2. The van der Waals surface area contributed by atoms with Crippen molar-refractivity contribution in [2.24, 2.45) is 0 Å². The van der Waals surface area contributed by atoms with Gasteiger partial charge in [0.1, 0.15) is 5.41 Å². The van der Waals surface area contributed by atoms with Gasteiger partial charge in [-0.05, 0) is 48.7 Å². The van der Waals surface area contributed by atoms with Crippen LogP contribution in [0.3, 0.4) is 0 Å². The lowest BCUT2D eigenvalue weighted by Gasteiger charge is -2.34. The van der Waals surface area contributed by atoms with Gasteiger partial charge in [0, 0.05) is 24.0 Å². The zero-order chi connectivity index (χ0) is 25.1. The van der Waals surface area contributed by atoms with Crippen molar-refractivity contribution >= 4 is 23.5 Å². The van der Waals surface area contributed by atoms with Crippen LogP contribution in [-0.2, 0) is 5.41 Å². The van der Waals surface area contributed by atoms with Gasteiger partial charge in [-0.3, -0.25) is 9.59 Å². The molecule has 0 fully saturated rings. The molecular formula is C24H23F3O6. The maximum absolute atomic E-state index is 14.5. The van der Waals surface area contributed by atoms with Gasteiger partial charge in [-0.25, -0.2) is 9.59 Å². The Balaban J connectivity index is 2.86. The van der Waals surface area contributed by atoms with Crippen molar-refractivity contribution in [2.45, 2.75) is 51.6 Å². The first kappa shape index (κ1) is 25.8. The molecule has 1 unspecified atom stereocenters. The van der Waals surface area contributed by atoms with Gasteiger partial charge in [-0.2, -0.15) is 13.2 Å². The predicted octanol–water partition coefficient (Wildman–Crippen LogP) is 5.53. The molecule has 2 aromatic carbocycles. The Morgan fingerprint density at radius 1 is 0.758 bits per heavy atom. The zero-order valence-corrected chi connectivity index (χ0v) is 18.2. The fourth-order valence-electron chi connectivity index (χ4n) is 3.59. The monoisotopic (exact) mass is 464 g/mol. The van der Waals surface area contributed by atoms with Crippen molar-refractivity contribution in [2.75, 3.05) is 0 Å². The molecule has 0 aromatic heterocycles. The number of Topliss-reactive ketones (excluding diaryl/α,β-unsaturated/α-hetero) is 2. The summed E-state index contributed by atoms with van der Waals surface area (Å²) < 4.78 is 43.5. The number of carboxylic acids is 2. The SMILES string of the molecule is CCCC(=O)c1cc(C(C)(c2ccc(C(=O)O)c(C(=O)CC)c2)C(F)(F)F)ccc1C(=O)O. The molecule has 33 heavy (non-hydrogen) atoms. The molecule has 0 heterocycles. The van der Waals surface area contributed by atoms with Gasteiger partial charge in [0.05, 0.1) is 11.1 Å². The summed E-state index contributed by atoms with van der Waals surface area (Å²) in [4.78, 5) is 47.8. The lowest BCUT2D eigenvalue weighted by Crippen LogP contribution is -2.41. The number of hydrogen-bond acceptors (Lipinski definition) is 4. The number of aromatic carboxylic acids is 2. The summed E-state index contributed by atoms with van der Waals surface area (Å²) in [6, 6.07) is 5.67. The molecule has 0 saturated carbocycles. The second-order valence-electron chi connectivity index (χ2n) is 7.70. The van der Waals surface area contributed by atoms with Crippen LogP contribution in [0.15, 0.2) is 36.4 Å². The Kier molecular flexibility index (Phi) is 7.46. The van der Waals surface area contributed by atoms with Crippen LogP contribution in [0.1, 0.15) is 92.6 Å². The van der Waals surface area contributed by atoms with Crippen LogP contribution in [0.2, 0.25) is 0 Å². The molecule has 0 radical (unpaired) electrons. The third-order valence-corrected chi connectivity index (χ3v) is 5.62. The standard InChI is InChI=1S/C24H23F3O6/c1-4-6-20(29)18-12-14(8-10-16(18)22(32)33)23(3,24(25,26)27)13-7-9-15(21(30)31)17(11-13)19(28)5-2/h7-12H,4-6H2,1-3H3,(H,30,31)(H,32,33). The number of hydrogen-bond donors (Lipinski definition) is 2. The third kappa shape index (κ3) is 4.81. The summed E-state index contributed by atoms with van der Waals surface area (Å²) in [6.45, 7) is 3.98. The van der Waals surface area contributed by atoms with Crippen LogP contribution in [0.4, 0.5) is 13.2 Å². The number of carboxylic acid groups (broad SMARTS) is 2. The van der Waals surface area contributed by atoms with Gasteiger partial charge in [0.15, 0.2) is 11.6 Å². The molecule has 2 N–H and O–H groups in total. The number of benzene rings is 2. The molecule has 0 spiro atoms. The average molecular weight is 464 g/mol. The fraction of sp³-hybridized carbons (Fsp3) is 0.333. The molecule has 6 nitrogen and oxygen atoms in total. The van der Waals surface area contributed by atoms with E-state index in [0.717, 1.165) is 43.3 Å². The van der Waals surface area contributed by atoms with E-state index in [9.17, 15) is 42.6 Å². The Morgan fingerprint density at radius 2 is 1.18 bits per heavy atom. The molecule has 1 atom stereocenters. The molecule has 0 aliphatic heterocycles. The molecule has 0 bridgehead atoms. The van der Waals surface area contributed by atoms with Crippen molar-refractivity contribution in [3.8, 4) is 0 Å². The maximum atomic E-state index is 14.5. The topological polar surface area (TPSA) is 109 Å². The van der Waals surface area contributed by atoms with E-state index in [2.05, 4.69) is 0 Å². The number of ketones is 2. The molecule has 9 heteroatoms. The highest BCUT2D eigenvalue weighted by Gasteiger charge is 2.54. The molecular weight excluding hydrogens is 441 g/mol. The second kappa shape index (κ2) is 9.56. The summed E-state index contributed by atoms with van der Waals surface area (Å²) in [6.07, 6.45) is -4.72. The van der Waals surface area contributed by atoms with Gasteiger partial charge in [-0.1, -0.05) is 26.0 Å². The van der Waals surface area contributed by atoms with Gasteiger partial charge in [0.2, 0.25) is 0 Å². The van der Waals surface area contributed by atoms with Gasteiger partial charge in [0.25, 0.3) is 0 Å². The van der Waals surface area contributed by atoms with E-state index in [-0.39, 0.29) is 24.0 Å².